The number of hydrazine groups is 1. The van der Waals surface area contributed by atoms with E-state index in [4.69, 9.17) is 16.3 Å². The molecule has 8 nitrogen and oxygen atoms in total. The van der Waals surface area contributed by atoms with Crippen molar-refractivity contribution < 1.29 is 17.9 Å². The van der Waals surface area contributed by atoms with Gasteiger partial charge in [0.2, 0.25) is 15.2 Å². The first-order valence-corrected chi connectivity index (χ1v) is 12.8. The lowest BCUT2D eigenvalue weighted by molar-refractivity contribution is 0.0962. The highest BCUT2D eigenvalue weighted by Crippen LogP contribution is 2.37. The van der Waals surface area contributed by atoms with Crippen LogP contribution >= 0.6 is 22.9 Å². The molecule has 0 bridgehead atoms. The van der Waals surface area contributed by atoms with E-state index in [-0.39, 0.29) is 4.90 Å². The van der Waals surface area contributed by atoms with E-state index < -0.39 is 15.9 Å². The molecular formula is C21H23ClN4O4S2. The molecule has 32 heavy (non-hydrogen) atoms. The molecule has 170 valence electrons. The Morgan fingerprint density at radius 1 is 1.09 bits per heavy atom. The fourth-order valence-electron chi connectivity index (χ4n) is 3.56. The van der Waals surface area contributed by atoms with Crippen molar-refractivity contribution >= 4 is 54.2 Å². The highest BCUT2D eigenvalue weighted by atomic mass is 35.5. The second-order valence-electron chi connectivity index (χ2n) is 7.37. The molecule has 4 rings (SSSR count). The van der Waals surface area contributed by atoms with Crippen LogP contribution in [-0.4, -0.2) is 43.8 Å². The van der Waals surface area contributed by atoms with Gasteiger partial charge in [-0.1, -0.05) is 35.8 Å². The van der Waals surface area contributed by atoms with Crippen molar-refractivity contribution in [1.29, 1.82) is 0 Å². The SMILES string of the molecule is COc1ccc(Cl)c2sc(NNC(=O)c3ccc(S(=O)(=O)N4CCCCCC4)cc3)nc12. The monoisotopic (exact) mass is 494 g/mol. The van der Waals surface area contributed by atoms with Crippen LogP contribution in [0.5, 0.6) is 5.75 Å². The van der Waals surface area contributed by atoms with Crippen molar-refractivity contribution in [3.05, 3.63) is 47.0 Å². The number of thiazole rings is 1. The van der Waals surface area contributed by atoms with Crippen LogP contribution in [0.25, 0.3) is 10.2 Å². The predicted molar refractivity (Wildman–Crippen MR) is 126 cm³/mol. The van der Waals surface area contributed by atoms with Gasteiger partial charge in [0.25, 0.3) is 5.91 Å². The Bertz CT molecular complexity index is 1220. The van der Waals surface area contributed by atoms with Crippen molar-refractivity contribution in [2.24, 2.45) is 0 Å². The summed E-state index contributed by atoms with van der Waals surface area (Å²) in [5.74, 6) is 0.169. The number of amides is 1. The van der Waals surface area contributed by atoms with Crippen LogP contribution in [-0.2, 0) is 10.0 Å². The van der Waals surface area contributed by atoms with Crippen LogP contribution in [0.4, 0.5) is 5.13 Å². The molecule has 1 aliphatic heterocycles. The molecule has 2 N–H and O–H groups in total. The van der Waals surface area contributed by atoms with Gasteiger partial charge in [-0.2, -0.15) is 4.31 Å². The maximum atomic E-state index is 12.9. The number of rotatable bonds is 6. The second-order valence-corrected chi connectivity index (χ2v) is 10.7. The van der Waals surface area contributed by atoms with Crippen molar-refractivity contribution in [3.63, 3.8) is 0 Å². The number of hydrogen-bond acceptors (Lipinski definition) is 7. The molecule has 3 aromatic rings. The van der Waals surface area contributed by atoms with Crippen molar-refractivity contribution in [3.8, 4) is 5.75 Å². The van der Waals surface area contributed by atoms with Crippen LogP contribution < -0.4 is 15.6 Å². The van der Waals surface area contributed by atoms with E-state index in [1.807, 2.05) is 0 Å². The van der Waals surface area contributed by atoms with Gasteiger partial charge in [0.15, 0.2) is 0 Å². The largest absolute Gasteiger partial charge is 0.494 e. The fourth-order valence-corrected chi connectivity index (χ4v) is 6.19. The number of anilines is 1. The number of methoxy groups -OCH3 is 1. The summed E-state index contributed by atoms with van der Waals surface area (Å²) in [7, 11) is -2.01. The third-order valence-corrected chi connectivity index (χ3v) is 8.62. The molecule has 1 aromatic heterocycles. The molecular weight excluding hydrogens is 472 g/mol. The Kier molecular flexibility index (Phi) is 6.85. The zero-order chi connectivity index (χ0) is 22.7. The first-order chi connectivity index (χ1) is 15.4. The van der Waals surface area contributed by atoms with Gasteiger partial charge in [0.1, 0.15) is 11.3 Å². The van der Waals surface area contributed by atoms with Gasteiger partial charge in [0, 0.05) is 18.7 Å². The van der Waals surface area contributed by atoms with Crippen molar-refractivity contribution in [2.45, 2.75) is 30.6 Å². The van der Waals surface area contributed by atoms with E-state index in [9.17, 15) is 13.2 Å². The van der Waals surface area contributed by atoms with Crippen LogP contribution in [0.2, 0.25) is 5.02 Å². The number of fused-ring (bicyclic) bond motifs is 1. The molecule has 0 saturated carbocycles. The number of carbonyl (C=O) groups is 1. The average molecular weight is 495 g/mol. The third-order valence-electron chi connectivity index (χ3n) is 5.28. The molecule has 0 unspecified atom stereocenters. The molecule has 1 amide bonds. The summed E-state index contributed by atoms with van der Waals surface area (Å²) in [5.41, 5.74) is 6.28. The highest BCUT2D eigenvalue weighted by Gasteiger charge is 2.25. The zero-order valence-corrected chi connectivity index (χ0v) is 19.8. The molecule has 0 aliphatic carbocycles. The Labute approximate surface area is 195 Å². The lowest BCUT2D eigenvalue weighted by Crippen LogP contribution is -2.32. The van der Waals surface area contributed by atoms with Gasteiger partial charge in [0.05, 0.1) is 21.7 Å². The van der Waals surface area contributed by atoms with Gasteiger partial charge in [-0.15, -0.1) is 0 Å². The minimum Gasteiger partial charge on any atom is -0.494 e. The summed E-state index contributed by atoms with van der Waals surface area (Å²) < 4.78 is 33.3. The number of benzene rings is 2. The number of aromatic nitrogens is 1. The maximum absolute atomic E-state index is 12.9. The highest BCUT2D eigenvalue weighted by molar-refractivity contribution is 7.89. The smallest absolute Gasteiger partial charge is 0.269 e. The summed E-state index contributed by atoms with van der Waals surface area (Å²) >= 11 is 7.50. The number of hydrogen-bond donors (Lipinski definition) is 2. The van der Waals surface area contributed by atoms with Crippen LogP contribution in [0.3, 0.4) is 0 Å². The quantitative estimate of drug-likeness (QED) is 0.496. The number of ether oxygens (including phenoxy) is 1. The third kappa shape index (κ3) is 4.68. The Morgan fingerprint density at radius 2 is 1.78 bits per heavy atom. The summed E-state index contributed by atoms with van der Waals surface area (Å²) in [6, 6.07) is 9.40. The standard InChI is InChI=1S/C21H23ClN4O4S2/c1-30-17-11-10-16(22)19-18(17)23-21(31-19)25-24-20(27)14-6-8-15(9-7-14)32(28,29)26-12-4-2-3-5-13-26/h6-11H,2-5,12-13H2,1H3,(H,23,25)(H,24,27). The molecule has 2 aromatic carbocycles. The zero-order valence-electron chi connectivity index (χ0n) is 17.4. The summed E-state index contributed by atoms with van der Waals surface area (Å²) in [5, 5.41) is 0.985. The molecule has 1 saturated heterocycles. The number of sulfonamides is 1. The summed E-state index contributed by atoms with van der Waals surface area (Å²) in [6.45, 7) is 1.07. The van der Waals surface area contributed by atoms with Crippen molar-refractivity contribution in [1.82, 2.24) is 14.7 Å². The van der Waals surface area contributed by atoms with Crippen LogP contribution in [0, 0.1) is 0 Å². The van der Waals surface area contributed by atoms with E-state index in [0.29, 0.717) is 40.1 Å². The first-order valence-electron chi connectivity index (χ1n) is 10.2. The predicted octanol–water partition coefficient (Wildman–Crippen LogP) is 4.28. The lowest BCUT2D eigenvalue weighted by Gasteiger charge is -2.20. The van der Waals surface area contributed by atoms with Gasteiger partial charge >= 0.3 is 0 Å². The normalized spacial score (nSPS) is 15.3. The molecule has 2 heterocycles. The number of nitrogens with zero attached hydrogens (tertiary/aromatic N) is 2. The molecule has 0 spiro atoms. The summed E-state index contributed by atoms with van der Waals surface area (Å²) in [6.07, 6.45) is 3.83. The molecule has 1 aliphatic rings. The number of nitrogens with one attached hydrogen (secondary N) is 2. The maximum Gasteiger partial charge on any atom is 0.269 e. The minimum atomic E-state index is -3.56. The molecule has 1 fully saturated rings. The van der Waals surface area contributed by atoms with E-state index >= 15 is 0 Å². The van der Waals surface area contributed by atoms with E-state index in [2.05, 4.69) is 15.8 Å². The van der Waals surface area contributed by atoms with Gasteiger partial charge in [-0.3, -0.25) is 15.6 Å². The topological polar surface area (TPSA) is 101 Å². The van der Waals surface area contributed by atoms with Crippen LogP contribution in [0.1, 0.15) is 36.0 Å². The Hall–Kier alpha value is -2.40. The van der Waals surface area contributed by atoms with E-state index in [0.717, 1.165) is 30.4 Å². The molecule has 11 heteroatoms. The molecule has 0 atom stereocenters. The van der Waals surface area contributed by atoms with Crippen molar-refractivity contribution in [2.75, 3.05) is 25.6 Å². The van der Waals surface area contributed by atoms with Crippen LogP contribution in [0.15, 0.2) is 41.3 Å². The van der Waals surface area contributed by atoms with Gasteiger partial charge in [-0.05, 0) is 49.2 Å². The number of carbonyl (C=O) groups excluding carboxylic acids is 1. The van der Waals surface area contributed by atoms with E-state index in [1.54, 1.807) is 19.2 Å². The summed E-state index contributed by atoms with van der Waals surface area (Å²) in [4.78, 5) is 17.1. The Balaban J connectivity index is 1.44. The average Bonchev–Trinajstić information content (AvgIpc) is 3.04. The molecule has 0 radical (unpaired) electrons. The number of halogens is 1. The second kappa shape index (κ2) is 9.62. The lowest BCUT2D eigenvalue weighted by atomic mass is 10.2. The van der Waals surface area contributed by atoms with Gasteiger partial charge in [-0.25, -0.2) is 13.4 Å². The van der Waals surface area contributed by atoms with Gasteiger partial charge < -0.3 is 4.74 Å². The minimum absolute atomic E-state index is 0.191. The van der Waals surface area contributed by atoms with E-state index in [1.165, 1.54) is 39.9 Å². The first kappa shape index (κ1) is 22.8. The fraction of sp³-hybridized carbons (Fsp3) is 0.333. The Morgan fingerprint density at radius 3 is 2.44 bits per heavy atom.